The van der Waals surface area contributed by atoms with Crippen LogP contribution >= 0.6 is 0 Å². The normalized spacial score (nSPS) is 28.8. The van der Waals surface area contributed by atoms with E-state index in [9.17, 15) is 0 Å². The highest BCUT2D eigenvalue weighted by molar-refractivity contribution is 4.98. The first-order chi connectivity index (χ1) is 5.35. The molecule has 1 heterocycles. The van der Waals surface area contributed by atoms with Gasteiger partial charge >= 0.3 is 0 Å². The first-order valence-electron chi connectivity index (χ1n) is 4.62. The maximum Gasteiger partial charge on any atom is 0.0831 e. The molecule has 2 N–H and O–H groups in total. The average Bonchev–Trinajstić information content (AvgIpc) is 1.80. The monoisotopic (exact) mass is 170 g/mol. The molecule has 1 aliphatic heterocycles. The molecule has 0 amide bonds. The van der Waals surface area contributed by atoms with Gasteiger partial charge in [-0.05, 0) is 46.5 Å². The van der Waals surface area contributed by atoms with E-state index in [0.29, 0.717) is 5.92 Å². The van der Waals surface area contributed by atoms with E-state index < -0.39 is 0 Å². The van der Waals surface area contributed by atoms with Crippen LogP contribution in [0.15, 0.2) is 0 Å². The van der Waals surface area contributed by atoms with Gasteiger partial charge in [-0.2, -0.15) is 0 Å². The fraction of sp³-hybridized carbons (Fsp3) is 0.900. The van der Waals surface area contributed by atoms with Crippen molar-refractivity contribution in [1.29, 1.82) is 0 Å². The van der Waals surface area contributed by atoms with Crippen molar-refractivity contribution in [3.8, 4) is 0 Å². The van der Waals surface area contributed by atoms with Crippen molar-refractivity contribution in [2.24, 2.45) is 5.92 Å². The zero-order valence-electron chi connectivity index (χ0n) is 8.52. The van der Waals surface area contributed by atoms with Gasteiger partial charge in [0.1, 0.15) is 0 Å². The van der Waals surface area contributed by atoms with Crippen LogP contribution in [-0.2, 0) is 0 Å². The summed E-state index contributed by atoms with van der Waals surface area (Å²) in [6.07, 6.45) is 2.04. The Morgan fingerprint density at radius 3 is 1.92 bits per heavy atom. The van der Waals surface area contributed by atoms with Crippen LogP contribution in [0.1, 0.15) is 40.5 Å². The molecule has 1 radical (unpaired) electrons. The molecule has 2 nitrogen and oxygen atoms in total. The van der Waals surface area contributed by atoms with Crippen molar-refractivity contribution in [3.05, 3.63) is 6.61 Å². The molecule has 2 heteroatoms. The number of nitrogens with one attached hydrogen (secondary N) is 1. The summed E-state index contributed by atoms with van der Waals surface area (Å²) in [6, 6.07) is 0. The van der Waals surface area contributed by atoms with E-state index in [2.05, 4.69) is 33.0 Å². The lowest BCUT2D eigenvalue weighted by atomic mass is 9.76. The summed E-state index contributed by atoms with van der Waals surface area (Å²) in [7, 11) is 0. The van der Waals surface area contributed by atoms with Gasteiger partial charge in [0, 0.05) is 11.1 Å². The fourth-order valence-corrected chi connectivity index (χ4v) is 2.51. The van der Waals surface area contributed by atoms with E-state index in [-0.39, 0.29) is 11.1 Å². The second kappa shape index (κ2) is 3.00. The number of piperidine rings is 1. The molecular formula is C10H20NO. The predicted molar refractivity (Wildman–Crippen MR) is 50.3 cm³/mol. The highest BCUT2D eigenvalue weighted by Gasteiger charge is 2.37. The number of rotatable bonds is 1. The standard InChI is InChI=1S/C10H20NO/c1-9(2)5-8(7-12)6-10(3,4)11-9/h7-8,11-12H,5-6H2,1-4H3. The topological polar surface area (TPSA) is 32.3 Å². The van der Waals surface area contributed by atoms with Gasteiger partial charge in [-0.3, -0.25) is 0 Å². The minimum absolute atomic E-state index is 0.144. The third-order valence-corrected chi connectivity index (χ3v) is 2.43. The van der Waals surface area contributed by atoms with Crippen LogP contribution in [0.3, 0.4) is 0 Å². The molecule has 0 unspecified atom stereocenters. The number of hydrogen-bond acceptors (Lipinski definition) is 2. The molecule has 0 aliphatic carbocycles. The van der Waals surface area contributed by atoms with Crippen molar-refractivity contribution in [2.75, 3.05) is 0 Å². The first-order valence-corrected chi connectivity index (χ1v) is 4.62. The molecule has 0 atom stereocenters. The Bertz CT molecular complexity index is 147. The van der Waals surface area contributed by atoms with Crippen LogP contribution in [0.4, 0.5) is 0 Å². The molecule has 0 aromatic heterocycles. The summed E-state index contributed by atoms with van der Waals surface area (Å²) in [5.41, 5.74) is 0.289. The smallest absolute Gasteiger partial charge is 0.0831 e. The molecule has 0 saturated carbocycles. The molecule has 0 aromatic carbocycles. The van der Waals surface area contributed by atoms with Crippen LogP contribution in [0.25, 0.3) is 0 Å². The maximum atomic E-state index is 9.00. The minimum atomic E-state index is 0.144. The largest absolute Gasteiger partial charge is 0.390 e. The lowest BCUT2D eigenvalue weighted by molar-refractivity contribution is 0.116. The van der Waals surface area contributed by atoms with E-state index in [1.165, 1.54) is 6.61 Å². The molecule has 1 fully saturated rings. The highest BCUT2D eigenvalue weighted by atomic mass is 16.3. The Balaban J connectivity index is 2.66. The van der Waals surface area contributed by atoms with Gasteiger partial charge in [0.25, 0.3) is 0 Å². The van der Waals surface area contributed by atoms with Gasteiger partial charge in [-0.25, -0.2) is 0 Å². The number of hydrogen-bond donors (Lipinski definition) is 2. The lowest BCUT2D eigenvalue weighted by Gasteiger charge is -2.46. The average molecular weight is 170 g/mol. The first kappa shape index (κ1) is 10.0. The summed E-state index contributed by atoms with van der Waals surface area (Å²) in [6.45, 7) is 10.1. The van der Waals surface area contributed by atoms with Gasteiger partial charge in [0.05, 0.1) is 6.61 Å². The molecule has 1 rings (SSSR count). The van der Waals surface area contributed by atoms with E-state index in [1.54, 1.807) is 0 Å². The highest BCUT2D eigenvalue weighted by Crippen LogP contribution is 2.33. The van der Waals surface area contributed by atoms with Crippen LogP contribution in [-0.4, -0.2) is 16.2 Å². The van der Waals surface area contributed by atoms with Crippen molar-refractivity contribution in [3.63, 3.8) is 0 Å². The lowest BCUT2D eigenvalue weighted by Crippen LogP contribution is -2.57. The van der Waals surface area contributed by atoms with Crippen LogP contribution < -0.4 is 5.32 Å². The van der Waals surface area contributed by atoms with E-state index in [1.807, 2.05) is 0 Å². The van der Waals surface area contributed by atoms with E-state index >= 15 is 0 Å². The van der Waals surface area contributed by atoms with Gasteiger partial charge in [0.15, 0.2) is 0 Å². The summed E-state index contributed by atoms with van der Waals surface area (Å²) in [5, 5.41) is 12.6. The van der Waals surface area contributed by atoms with Crippen molar-refractivity contribution in [1.82, 2.24) is 5.32 Å². The van der Waals surface area contributed by atoms with Crippen molar-refractivity contribution in [2.45, 2.75) is 51.6 Å². The zero-order valence-corrected chi connectivity index (χ0v) is 8.52. The number of aliphatic hydroxyl groups is 1. The Labute approximate surface area is 75.4 Å². The maximum absolute atomic E-state index is 9.00. The van der Waals surface area contributed by atoms with Crippen molar-refractivity contribution >= 4 is 0 Å². The van der Waals surface area contributed by atoms with E-state index in [4.69, 9.17) is 5.11 Å². The molecule has 12 heavy (non-hydrogen) atoms. The summed E-state index contributed by atoms with van der Waals surface area (Å²) in [4.78, 5) is 0. The third kappa shape index (κ3) is 2.46. The second-order valence-corrected chi connectivity index (χ2v) is 5.21. The molecule has 71 valence electrons. The third-order valence-electron chi connectivity index (χ3n) is 2.43. The quantitative estimate of drug-likeness (QED) is 0.631. The second-order valence-electron chi connectivity index (χ2n) is 5.21. The minimum Gasteiger partial charge on any atom is -0.390 e. The van der Waals surface area contributed by atoms with Gasteiger partial charge in [-0.15, -0.1) is 0 Å². The Morgan fingerprint density at radius 1 is 1.17 bits per heavy atom. The van der Waals surface area contributed by atoms with Crippen molar-refractivity contribution < 1.29 is 5.11 Å². The Kier molecular flexibility index (Phi) is 2.50. The Morgan fingerprint density at radius 2 is 1.58 bits per heavy atom. The SMILES string of the molecule is CC1(C)CC([CH]O)CC(C)(C)N1. The molecule has 1 saturated heterocycles. The number of aliphatic hydroxyl groups excluding tert-OH is 1. The van der Waals surface area contributed by atoms with Crippen LogP contribution in [0, 0.1) is 12.5 Å². The fourth-order valence-electron chi connectivity index (χ4n) is 2.51. The van der Waals surface area contributed by atoms with Gasteiger partial charge in [-0.1, -0.05) is 0 Å². The Hall–Kier alpha value is -0.0800. The zero-order chi connectivity index (χ0) is 9.41. The van der Waals surface area contributed by atoms with Gasteiger partial charge in [0.2, 0.25) is 0 Å². The summed E-state index contributed by atoms with van der Waals surface area (Å²) in [5.74, 6) is 0.344. The summed E-state index contributed by atoms with van der Waals surface area (Å²) >= 11 is 0. The molecule has 1 aliphatic rings. The van der Waals surface area contributed by atoms with Gasteiger partial charge < -0.3 is 10.4 Å². The molecular weight excluding hydrogens is 150 g/mol. The molecule has 0 spiro atoms. The molecule has 0 aromatic rings. The predicted octanol–water partition coefficient (Wildman–Crippen LogP) is 2.08. The molecule has 0 bridgehead atoms. The van der Waals surface area contributed by atoms with Crippen LogP contribution in [0.2, 0.25) is 0 Å². The van der Waals surface area contributed by atoms with Crippen LogP contribution in [0.5, 0.6) is 0 Å². The summed E-state index contributed by atoms with van der Waals surface area (Å²) < 4.78 is 0. The van der Waals surface area contributed by atoms with E-state index in [0.717, 1.165) is 12.8 Å².